The molecule has 0 amide bonds. The van der Waals surface area contributed by atoms with Crippen molar-refractivity contribution >= 4 is 72.5 Å². The molecule has 10 aromatic rings. The summed E-state index contributed by atoms with van der Waals surface area (Å²) in [4.78, 5) is 4.36. The van der Waals surface area contributed by atoms with Gasteiger partial charge < -0.3 is 18.6 Å². The van der Waals surface area contributed by atoms with Gasteiger partial charge in [0.25, 0.3) is 0 Å². The van der Waals surface area contributed by atoms with Crippen LogP contribution < -0.4 is 9.80 Å². The van der Waals surface area contributed by atoms with E-state index in [1.54, 1.807) is 24.3 Å². The molecular formula is C53H43N3O. The Morgan fingerprint density at radius 2 is 1.04 bits per heavy atom. The molecule has 1 aliphatic rings. The molecule has 0 unspecified atom stereocenters. The Kier molecular flexibility index (Phi) is 6.27. The van der Waals surface area contributed by atoms with Crippen LogP contribution in [0.5, 0.6) is 0 Å². The minimum absolute atomic E-state index is 0.113. The standard InChI is InChI=1S/C53H43N3O/c1-52(2,3)34-30-43-47-49(41-28-26-39(32-45(41)53(47,4)5)54(35-18-10-6-11-19-35)36-20-12-7-13-21-36)56-48(43)44(31-34)51-50(56)42-29-27-40(33-46(42)57-51)55(37-22-14-8-15-23-37)38-24-16-9-17-25-38/h6-33H,1-5H3/i6D,7D,8D,9D. The third-order valence-corrected chi connectivity index (χ3v) is 12.0. The van der Waals surface area contributed by atoms with Crippen molar-refractivity contribution in [2.75, 3.05) is 9.80 Å². The predicted molar refractivity (Wildman–Crippen MR) is 239 cm³/mol. The summed E-state index contributed by atoms with van der Waals surface area (Å²) < 4.78 is 42.1. The molecule has 0 N–H and O–H groups in total. The minimum atomic E-state index is -0.354. The van der Waals surface area contributed by atoms with Crippen LogP contribution in [0.15, 0.2) is 174 Å². The van der Waals surface area contributed by atoms with E-state index in [4.69, 9.17) is 9.90 Å². The fourth-order valence-corrected chi connectivity index (χ4v) is 9.28. The quantitative estimate of drug-likeness (QED) is 0.170. The van der Waals surface area contributed by atoms with Gasteiger partial charge in [-0.2, -0.15) is 0 Å². The Labute approximate surface area is 338 Å². The van der Waals surface area contributed by atoms with Crippen molar-refractivity contribution in [1.82, 2.24) is 4.40 Å². The van der Waals surface area contributed by atoms with Crippen LogP contribution in [-0.4, -0.2) is 4.40 Å². The van der Waals surface area contributed by atoms with E-state index in [1.807, 2.05) is 72.8 Å². The molecule has 0 aliphatic heterocycles. The van der Waals surface area contributed by atoms with Gasteiger partial charge in [0.2, 0.25) is 0 Å². The van der Waals surface area contributed by atoms with Crippen LogP contribution >= 0.6 is 0 Å². The molecule has 276 valence electrons. The van der Waals surface area contributed by atoms with Crippen molar-refractivity contribution in [3.63, 3.8) is 0 Å². The summed E-state index contributed by atoms with van der Waals surface area (Å²) in [5.41, 5.74) is 15.2. The number of furan rings is 1. The Morgan fingerprint density at radius 1 is 0.544 bits per heavy atom. The SMILES string of the molecule is [2H]c1ccc(N(c2ccc([2H])cc2)c2ccc3c(c2)C(C)(C)c2c-3n3c4c2cc(C(C)(C)C)cc4c2oc4cc(N(c5ccc([2H])cc5)c5ccc([2H])cc5)ccc4c23)cc1. The van der Waals surface area contributed by atoms with E-state index in [0.717, 1.165) is 61.6 Å². The first kappa shape index (κ1) is 29.5. The summed E-state index contributed by atoms with van der Waals surface area (Å²) in [5.74, 6) is 0. The van der Waals surface area contributed by atoms with E-state index in [-0.39, 0.29) is 10.8 Å². The number of para-hydroxylation sites is 4. The zero-order chi connectivity index (χ0) is 42.1. The highest BCUT2D eigenvalue weighted by Crippen LogP contribution is 2.57. The van der Waals surface area contributed by atoms with E-state index in [2.05, 4.69) is 97.4 Å². The molecule has 0 saturated carbocycles. The summed E-state index contributed by atoms with van der Waals surface area (Å²) in [6.07, 6.45) is 0. The lowest BCUT2D eigenvalue weighted by Crippen LogP contribution is -2.17. The predicted octanol–water partition coefficient (Wildman–Crippen LogP) is 15.0. The van der Waals surface area contributed by atoms with E-state index < -0.39 is 0 Å². The maximum Gasteiger partial charge on any atom is 0.161 e. The van der Waals surface area contributed by atoms with Gasteiger partial charge in [-0.25, -0.2) is 0 Å². The van der Waals surface area contributed by atoms with Gasteiger partial charge in [-0.15, -0.1) is 0 Å². The van der Waals surface area contributed by atoms with Gasteiger partial charge in [-0.3, -0.25) is 0 Å². The lowest BCUT2D eigenvalue weighted by Gasteiger charge is -2.28. The summed E-state index contributed by atoms with van der Waals surface area (Å²) in [6.45, 7) is 11.5. The van der Waals surface area contributed by atoms with Crippen LogP contribution in [0.3, 0.4) is 0 Å². The Morgan fingerprint density at radius 3 is 1.56 bits per heavy atom. The normalized spacial score (nSPS) is 14.5. The summed E-state index contributed by atoms with van der Waals surface area (Å²) in [7, 11) is 0. The number of aromatic nitrogens is 1. The molecule has 0 spiro atoms. The topological polar surface area (TPSA) is 24.0 Å². The second-order valence-electron chi connectivity index (χ2n) is 16.7. The van der Waals surface area contributed by atoms with Crippen molar-refractivity contribution < 1.29 is 9.90 Å². The lowest BCUT2D eigenvalue weighted by molar-refractivity contribution is 0.591. The molecule has 4 nitrogen and oxygen atoms in total. The number of anilines is 6. The summed E-state index contributed by atoms with van der Waals surface area (Å²) in [5, 5.41) is 3.38. The monoisotopic (exact) mass is 741 g/mol. The van der Waals surface area contributed by atoms with Gasteiger partial charge in [0.1, 0.15) is 11.1 Å². The molecule has 0 atom stereocenters. The number of fused-ring (bicyclic) bond motifs is 10. The average molecular weight is 742 g/mol. The number of nitrogens with zero attached hydrogens (tertiary/aromatic N) is 3. The van der Waals surface area contributed by atoms with Gasteiger partial charge in [0.15, 0.2) is 5.58 Å². The molecule has 11 rings (SSSR count). The van der Waals surface area contributed by atoms with Gasteiger partial charge >= 0.3 is 0 Å². The summed E-state index contributed by atoms with van der Waals surface area (Å²) in [6, 6.07) is 50.0. The highest BCUT2D eigenvalue weighted by molar-refractivity contribution is 6.23. The van der Waals surface area contributed by atoms with Gasteiger partial charge in [0, 0.05) is 67.3 Å². The third kappa shape index (κ3) is 4.93. The van der Waals surface area contributed by atoms with Crippen molar-refractivity contribution in [3.05, 3.63) is 186 Å². The zero-order valence-corrected chi connectivity index (χ0v) is 32.6. The Bertz CT molecular complexity index is 3250. The molecule has 0 fully saturated rings. The molecule has 7 aromatic carbocycles. The molecule has 3 heterocycles. The molecular weight excluding hydrogens is 695 g/mol. The number of rotatable bonds is 6. The van der Waals surface area contributed by atoms with Crippen LogP contribution in [-0.2, 0) is 10.8 Å². The van der Waals surface area contributed by atoms with E-state index >= 15 is 0 Å². The smallest absolute Gasteiger partial charge is 0.161 e. The largest absolute Gasteiger partial charge is 0.454 e. The average Bonchev–Trinajstić information content (AvgIpc) is 3.94. The van der Waals surface area contributed by atoms with Gasteiger partial charge in [-0.05, 0) is 107 Å². The molecule has 4 heteroatoms. The highest BCUT2D eigenvalue weighted by atomic mass is 16.3. The van der Waals surface area contributed by atoms with Crippen LogP contribution in [0, 0.1) is 0 Å². The molecule has 1 aliphatic carbocycles. The van der Waals surface area contributed by atoms with Gasteiger partial charge in [-0.1, -0.05) is 113 Å². The van der Waals surface area contributed by atoms with Crippen LogP contribution in [0.4, 0.5) is 34.1 Å². The number of hydrogen-bond donors (Lipinski definition) is 0. The molecule has 0 radical (unpaired) electrons. The number of benzene rings is 7. The van der Waals surface area contributed by atoms with Gasteiger partial charge in [0.05, 0.1) is 16.7 Å². The first-order valence-corrected chi connectivity index (χ1v) is 19.6. The Balaban J connectivity index is 1.15. The fourth-order valence-electron chi connectivity index (χ4n) is 9.28. The first-order chi connectivity index (χ1) is 29.3. The van der Waals surface area contributed by atoms with E-state index in [0.29, 0.717) is 24.2 Å². The van der Waals surface area contributed by atoms with Crippen molar-refractivity contribution in [2.24, 2.45) is 0 Å². The summed E-state index contributed by atoms with van der Waals surface area (Å²) >= 11 is 0. The van der Waals surface area contributed by atoms with Crippen molar-refractivity contribution in [2.45, 2.75) is 45.4 Å². The zero-order valence-electron chi connectivity index (χ0n) is 36.6. The van der Waals surface area contributed by atoms with E-state index in [1.165, 1.54) is 38.9 Å². The van der Waals surface area contributed by atoms with E-state index in [9.17, 15) is 0 Å². The second-order valence-corrected chi connectivity index (χ2v) is 16.7. The first-order valence-electron chi connectivity index (χ1n) is 21.6. The van der Waals surface area contributed by atoms with Crippen LogP contribution in [0.25, 0.3) is 49.6 Å². The second kappa shape index (κ2) is 12.1. The lowest BCUT2D eigenvalue weighted by atomic mass is 9.79. The molecule has 3 aromatic heterocycles. The van der Waals surface area contributed by atoms with Crippen LogP contribution in [0.1, 0.15) is 56.8 Å². The number of hydrogen-bond acceptors (Lipinski definition) is 3. The Hall–Kier alpha value is -6.78. The molecule has 57 heavy (non-hydrogen) atoms. The maximum absolute atomic E-state index is 8.18. The van der Waals surface area contributed by atoms with Crippen molar-refractivity contribution in [1.29, 1.82) is 0 Å². The minimum Gasteiger partial charge on any atom is -0.454 e. The molecule has 0 bridgehead atoms. The third-order valence-electron chi connectivity index (χ3n) is 12.0. The molecule has 0 saturated heterocycles. The van der Waals surface area contributed by atoms with Crippen molar-refractivity contribution in [3.8, 4) is 11.3 Å². The van der Waals surface area contributed by atoms with Crippen LogP contribution in [0.2, 0.25) is 0 Å². The highest BCUT2D eigenvalue weighted by Gasteiger charge is 2.42. The maximum atomic E-state index is 8.18. The fraction of sp³-hybridized carbons (Fsp3) is 0.132.